The van der Waals surface area contributed by atoms with Crippen LogP contribution in [0.3, 0.4) is 0 Å². The summed E-state index contributed by atoms with van der Waals surface area (Å²) in [4.78, 5) is 6.38. The van der Waals surface area contributed by atoms with Crippen molar-refractivity contribution in [1.82, 2.24) is 9.88 Å². The average molecular weight is 336 g/mol. The van der Waals surface area contributed by atoms with E-state index >= 15 is 0 Å². The highest BCUT2D eigenvalue weighted by Crippen LogP contribution is 1.98. The molecule has 0 radical (unpaired) electrons. The highest BCUT2D eigenvalue weighted by molar-refractivity contribution is 14.0. The van der Waals surface area contributed by atoms with Gasteiger partial charge in [-0.15, -0.1) is 24.0 Å². The van der Waals surface area contributed by atoms with Gasteiger partial charge in [-0.1, -0.05) is 6.07 Å². The van der Waals surface area contributed by atoms with Crippen molar-refractivity contribution in [3.8, 4) is 0 Å². The lowest BCUT2D eigenvalue weighted by Crippen LogP contribution is -2.25. The van der Waals surface area contributed by atoms with Crippen LogP contribution in [0.5, 0.6) is 0 Å². The van der Waals surface area contributed by atoms with Gasteiger partial charge in [-0.05, 0) is 32.0 Å². The summed E-state index contributed by atoms with van der Waals surface area (Å²) in [6.45, 7) is 5.69. The van der Waals surface area contributed by atoms with Gasteiger partial charge in [0, 0.05) is 32.1 Å². The van der Waals surface area contributed by atoms with Crippen LogP contribution >= 0.6 is 24.0 Å². The van der Waals surface area contributed by atoms with Crippen LogP contribution in [-0.2, 0) is 11.2 Å². The van der Waals surface area contributed by atoms with E-state index in [4.69, 9.17) is 4.74 Å². The molecular weight excluding hydrogens is 315 g/mol. The molecule has 4 heteroatoms. The van der Waals surface area contributed by atoms with Crippen molar-refractivity contribution in [1.29, 1.82) is 0 Å². The van der Waals surface area contributed by atoms with Gasteiger partial charge in [0.15, 0.2) is 0 Å². The van der Waals surface area contributed by atoms with E-state index in [0.717, 1.165) is 32.7 Å². The molecule has 0 aliphatic carbocycles. The van der Waals surface area contributed by atoms with Crippen molar-refractivity contribution in [2.45, 2.75) is 13.3 Å². The minimum absolute atomic E-state index is 0. The number of halogens is 1. The first kappa shape index (κ1) is 15.8. The average Bonchev–Trinajstić information content (AvgIpc) is 2.28. The van der Waals surface area contributed by atoms with Crippen molar-refractivity contribution in [3.63, 3.8) is 0 Å². The zero-order chi connectivity index (χ0) is 10.9. The van der Waals surface area contributed by atoms with Crippen LogP contribution in [0.25, 0.3) is 0 Å². The zero-order valence-corrected chi connectivity index (χ0v) is 12.4. The Morgan fingerprint density at radius 2 is 2.19 bits per heavy atom. The Morgan fingerprint density at radius 1 is 1.38 bits per heavy atom. The van der Waals surface area contributed by atoms with Crippen LogP contribution in [0.15, 0.2) is 24.5 Å². The molecule has 0 N–H and O–H groups in total. The summed E-state index contributed by atoms with van der Waals surface area (Å²) in [7, 11) is 2.12. The quantitative estimate of drug-likeness (QED) is 0.564. The summed E-state index contributed by atoms with van der Waals surface area (Å²) in [5, 5.41) is 0. The monoisotopic (exact) mass is 336 g/mol. The molecule has 0 saturated carbocycles. The van der Waals surface area contributed by atoms with Gasteiger partial charge in [0.25, 0.3) is 0 Å². The molecule has 0 amide bonds. The predicted octanol–water partition coefficient (Wildman–Crippen LogP) is 2.21. The molecule has 3 nitrogen and oxygen atoms in total. The Labute approximate surface area is 115 Å². The molecule has 0 atom stereocenters. The summed E-state index contributed by atoms with van der Waals surface area (Å²) in [6.07, 6.45) is 4.79. The number of hydrogen-bond donors (Lipinski definition) is 0. The van der Waals surface area contributed by atoms with E-state index in [1.54, 1.807) is 0 Å². The van der Waals surface area contributed by atoms with E-state index in [0.29, 0.717) is 0 Å². The molecule has 0 unspecified atom stereocenters. The van der Waals surface area contributed by atoms with Gasteiger partial charge < -0.3 is 9.64 Å². The SMILES string of the molecule is CCOCCN(C)CCc1cccnc1.I. The molecular formula is C12H21IN2O. The largest absolute Gasteiger partial charge is 0.380 e. The van der Waals surface area contributed by atoms with Crippen LogP contribution in [-0.4, -0.2) is 43.2 Å². The highest BCUT2D eigenvalue weighted by atomic mass is 127. The first-order valence-electron chi connectivity index (χ1n) is 5.48. The molecule has 1 aromatic rings. The third-order valence-corrected chi connectivity index (χ3v) is 2.33. The maximum atomic E-state index is 5.30. The van der Waals surface area contributed by atoms with Gasteiger partial charge in [0.1, 0.15) is 0 Å². The summed E-state index contributed by atoms with van der Waals surface area (Å²) in [5.74, 6) is 0. The van der Waals surface area contributed by atoms with E-state index in [1.807, 2.05) is 25.4 Å². The van der Waals surface area contributed by atoms with Crippen LogP contribution in [0, 0.1) is 0 Å². The Balaban J connectivity index is 0.00000225. The van der Waals surface area contributed by atoms with Gasteiger partial charge in [-0.25, -0.2) is 0 Å². The minimum atomic E-state index is 0. The molecule has 0 saturated heterocycles. The Bertz CT molecular complexity index is 256. The molecule has 0 aliphatic heterocycles. The molecule has 1 rings (SSSR count). The first-order chi connectivity index (χ1) is 7.33. The van der Waals surface area contributed by atoms with Crippen molar-refractivity contribution >= 4 is 24.0 Å². The molecule has 0 aliphatic rings. The van der Waals surface area contributed by atoms with E-state index in [9.17, 15) is 0 Å². The number of pyridine rings is 1. The standard InChI is InChI=1S/C12H20N2O.HI/c1-3-15-10-9-14(2)8-6-12-5-4-7-13-11-12;/h4-5,7,11H,3,6,8-10H2,1-2H3;1H. The summed E-state index contributed by atoms with van der Waals surface area (Å²) < 4.78 is 5.30. The minimum Gasteiger partial charge on any atom is -0.380 e. The Morgan fingerprint density at radius 3 is 2.81 bits per heavy atom. The van der Waals surface area contributed by atoms with Crippen molar-refractivity contribution < 1.29 is 4.74 Å². The fraction of sp³-hybridized carbons (Fsp3) is 0.583. The lowest BCUT2D eigenvalue weighted by Gasteiger charge is -2.15. The van der Waals surface area contributed by atoms with Crippen molar-refractivity contribution in [2.24, 2.45) is 0 Å². The molecule has 0 aromatic carbocycles. The fourth-order valence-corrected chi connectivity index (χ4v) is 1.34. The molecule has 0 fully saturated rings. The van der Waals surface area contributed by atoms with Crippen LogP contribution < -0.4 is 0 Å². The van der Waals surface area contributed by atoms with Crippen LogP contribution in [0.1, 0.15) is 12.5 Å². The number of likely N-dealkylation sites (N-methyl/N-ethyl adjacent to an activating group) is 1. The molecule has 0 bridgehead atoms. The second-order valence-electron chi connectivity index (χ2n) is 3.61. The first-order valence-corrected chi connectivity index (χ1v) is 5.48. The van der Waals surface area contributed by atoms with E-state index in [2.05, 4.69) is 23.0 Å². The maximum absolute atomic E-state index is 5.30. The molecule has 0 spiro atoms. The molecule has 92 valence electrons. The van der Waals surface area contributed by atoms with Crippen LogP contribution in [0.4, 0.5) is 0 Å². The lowest BCUT2D eigenvalue weighted by atomic mass is 10.2. The van der Waals surface area contributed by atoms with Crippen molar-refractivity contribution in [3.05, 3.63) is 30.1 Å². The number of ether oxygens (including phenoxy) is 1. The van der Waals surface area contributed by atoms with Gasteiger partial charge in [-0.2, -0.15) is 0 Å². The highest BCUT2D eigenvalue weighted by Gasteiger charge is 1.98. The predicted molar refractivity (Wildman–Crippen MR) is 77.3 cm³/mol. The summed E-state index contributed by atoms with van der Waals surface area (Å²) in [6, 6.07) is 4.10. The number of nitrogens with zero attached hydrogens (tertiary/aromatic N) is 2. The zero-order valence-electron chi connectivity index (χ0n) is 10.1. The second kappa shape index (κ2) is 9.99. The van der Waals surface area contributed by atoms with E-state index in [-0.39, 0.29) is 24.0 Å². The Kier molecular flexibility index (Phi) is 9.86. The number of rotatable bonds is 7. The lowest BCUT2D eigenvalue weighted by molar-refractivity contribution is 0.122. The van der Waals surface area contributed by atoms with E-state index < -0.39 is 0 Å². The maximum Gasteiger partial charge on any atom is 0.0593 e. The summed E-state index contributed by atoms with van der Waals surface area (Å²) in [5.41, 5.74) is 1.29. The third kappa shape index (κ3) is 7.14. The van der Waals surface area contributed by atoms with Gasteiger partial charge in [0.2, 0.25) is 0 Å². The van der Waals surface area contributed by atoms with Crippen molar-refractivity contribution in [2.75, 3.05) is 33.4 Å². The van der Waals surface area contributed by atoms with Gasteiger partial charge in [0.05, 0.1) is 6.61 Å². The van der Waals surface area contributed by atoms with Crippen LogP contribution in [0.2, 0.25) is 0 Å². The van der Waals surface area contributed by atoms with Gasteiger partial charge in [-0.3, -0.25) is 4.98 Å². The number of hydrogen-bond acceptors (Lipinski definition) is 3. The second-order valence-corrected chi connectivity index (χ2v) is 3.61. The fourth-order valence-electron chi connectivity index (χ4n) is 1.34. The van der Waals surface area contributed by atoms with E-state index in [1.165, 1.54) is 5.56 Å². The molecule has 1 heterocycles. The topological polar surface area (TPSA) is 25.4 Å². The number of aromatic nitrogens is 1. The smallest absolute Gasteiger partial charge is 0.0593 e. The normalized spacial score (nSPS) is 10.2. The molecule has 16 heavy (non-hydrogen) atoms. The molecule has 1 aromatic heterocycles. The third-order valence-electron chi connectivity index (χ3n) is 2.33. The Hall–Kier alpha value is -0.200. The summed E-state index contributed by atoms with van der Waals surface area (Å²) >= 11 is 0. The van der Waals surface area contributed by atoms with Gasteiger partial charge >= 0.3 is 0 Å².